The van der Waals surface area contributed by atoms with E-state index >= 15 is 0 Å². The SMILES string of the molecule is Cc1nn(-c2nc(CC(=O)N3CCCC3)cs2)c(C)c1Cl. The van der Waals surface area contributed by atoms with Gasteiger partial charge in [-0.05, 0) is 26.7 Å². The van der Waals surface area contributed by atoms with E-state index in [0.29, 0.717) is 11.4 Å². The van der Waals surface area contributed by atoms with Crippen molar-refractivity contribution in [2.75, 3.05) is 13.1 Å². The van der Waals surface area contributed by atoms with E-state index in [1.807, 2.05) is 24.1 Å². The standard InChI is InChI=1S/C14H17ClN4OS/c1-9-13(15)10(2)19(17-9)14-16-11(8-21-14)7-12(20)18-5-3-4-6-18/h8H,3-7H2,1-2H3. The van der Waals surface area contributed by atoms with Gasteiger partial charge in [0.2, 0.25) is 11.0 Å². The largest absolute Gasteiger partial charge is 0.342 e. The summed E-state index contributed by atoms with van der Waals surface area (Å²) in [6, 6.07) is 0. The molecule has 1 amide bonds. The summed E-state index contributed by atoms with van der Waals surface area (Å²) < 4.78 is 1.74. The molecule has 0 aliphatic carbocycles. The number of amides is 1. The molecular formula is C14H17ClN4OS. The highest BCUT2D eigenvalue weighted by molar-refractivity contribution is 7.12. The molecule has 0 atom stereocenters. The first kappa shape index (κ1) is 14.5. The van der Waals surface area contributed by atoms with Crippen molar-refractivity contribution >= 4 is 28.8 Å². The van der Waals surface area contributed by atoms with Crippen LogP contribution >= 0.6 is 22.9 Å². The molecule has 0 unspecified atom stereocenters. The number of nitrogens with zero attached hydrogens (tertiary/aromatic N) is 4. The number of aryl methyl sites for hydroxylation is 1. The predicted octanol–water partition coefficient (Wildman–Crippen LogP) is 2.76. The quantitative estimate of drug-likeness (QED) is 0.872. The number of halogens is 1. The first-order valence-electron chi connectivity index (χ1n) is 7.00. The Morgan fingerprint density at radius 3 is 2.71 bits per heavy atom. The van der Waals surface area contributed by atoms with E-state index in [2.05, 4.69) is 10.1 Å². The van der Waals surface area contributed by atoms with E-state index in [4.69, 9.17) is 11.6 Å². The average Bonchev–Trinajstić information content (AvgIpc) is 3.17. The molecule has 0 saturated carbocycles. The fourth-order valence-electron chi connectivity index (χ4n) is 2.52. The van der Waals surface area contributed by atoms with Gasteiger partial charge in [0.15, 0.2) is 0 Å². The summed E-state index contributed by atoms with van der Waals surface area (Å²) in [5, 5.41) is 7.73. The second-order valence-electron chi connectivity index (χ2n) is 5.28. The summed E-state index contributed by atoms with van der Waals surface area (Å²) in [6.45, 7) is 5.54. The van der Waals surface area contributed by atoms with E-state index in [1.54, 1.807) is 4.68 Å². The Balaban J connectivity index is 1.76. The predicted molar refractivity (Wildman–Crippen MR) is 83.2 cm³/mol. The smallest absolute Gasteiger partial charge is 0.228 e. The summed E-state index contributed by atoms with van der Waals surface area (Å²) in [5.41, 5.74) is 2.47. The van der Waals surface area contributed by atoms with Crippen LogP contribution in [0.5, 0.6) is 0 Å². The number of rotatable bonds is 3. The third-order valence-corrected chi connectivity index (χ3v) is 5.13. The van der Waals surface area contributed by atoms with Crippen molar-refractivity contribution in [2.45, 2.75) is 33.1 Å². The number of thiazole rings is 1. The van der Waals surface area contributed by atoms with Gasteiger partial charge in [0.1, 0.15) is 0 Å². The van der Waals surface area contributed by atoms with Gasteiger partial charge < -0.3 is 4.90 Å². The maximum Gasteiger partial charge on any atom is 0.228 e. The van der Waals surface area contributed by atoms with Crippen LogP contribution in [0.4, 0.5) is 0 Å². The van der Waals surface area contributed by atoms with Gasteiger partial charge in [-0.2, -0.15) is 5.10 Å². The molecule has 0 spiro atoms. The fourth-order valence-corrected chi connectivity index (χ4v) is 3.46. The van der Waals surface area contributed by atoms with E-state index in [9.17, 15) is 4.79 Å². The van der Waals surface area contributed by atoms with E-state index in [1.165, 1.54) is 11.3 Å². The minimum atomic E-state index is 0.163. The second-order valence-corrected chi connectivity index (χ2v) is 6.50. The molecule has 5 nitrogen and oxygen atoms in total. The molecule has 0 N–H and O–H groups in total. The second kappa shape index (κ2) is 5.77. The normalized spacial score (nSPS) is 14.9. The van der Waals surface area contributed by atoms with Crippen LogP contribution in [0.25, 0.3) is 5.13 Å². The van der Waals surface area contributed by atoms with Crippen LogP contribution in [-0.4, -0.2) is 38.7 Å². The van der Waals surface area contributed by atoms with Gasteiger partial charge in [-0.25, -0.2) is 9.67 Å². The average molecular weight is 325 g/mol. The van der Waals surface area contributed by atoms with Gasteiger partial charge in [-0.3, -0.25) is 4.79 Å². The molecular weight excluding hydrogens is 308 g/mol. The molecule has 0 radical (unpaired) electrons. The van der Waals surface area contributed by atoms with Crippen LogP contribution in [0.15, 0.2) is 5.38 Å². The molecule has 3 rings (SSSR count). The Kier molecular flexibility index (Phi) is 3.99. The maximum absolute atomic E-state index is 12.1. The molecule has 1 saturated heterocycles. The first-order valence-corrected chi connectivity index (χ1v) is 8.26. The van der Waals surface area contributed by atoms with Gasteiger partial charge in [-0.15, -0.1) is 11.3 Å². The van der Waals surface area contributed by atoms with Crippen LogP contribution in [0, 0.1) is 13.8 Å². The zero-order valence-electron chi connectivity index (χ0n) is 12.1. The van der Waals surface area contributed by atoms with Crippen molar-refractivity contribution in [3.63, 3.8) is 0 Å². The van der Waals surface area contributed by atoms with Gasteiger partial charge in [0, 0.05) is 18.5 Å². The minimum Gasteiger partial charge on any atom is -0.342 e. The van der Waals surface area contributed by atoms with Gasteiger partial charge in [0.25, 0.3) is 0 Å². The molecule has 0 bridgehead atoms. The van der Waals surface area contributed by atoms with Crippen LogP contribution in [0.1, 0.15) is 29.9 Å². The lowest BCUT2D eigenvalue weighted by Crippen LogP contribution is -2.29. The third-order valence-electron chi connectivity index (χ3n) is 3.71. The monoisotopic (exact) mass is 324 g/mol. The van der Waals surface area contributed by atoms with E-state index in [0.717, 1.165) is 48.1 Å². The topological polar surface area (TPSA) is 51.0 Å². The summed E-state index contributed by atoms with van der Waals surface area (Å²) in [6.07, 6.45) is 2.58. The molecule has 7 heteroatoms. The highest BCUT2D eigenvalue weighted by Crippen LogP contribution is 2.24. The van der Waals surface area contributed by atoms with Gasteiger partial charge >= 0.3 is 0 Å². The zero-order valence-corrected chi connectivity index (χ0v) is 13.7. The lowest BCUT2D eigenvalue weighted by atomic mass is 10.3. The Morgan fingerprint density at radius 2 is 2.10 bits per heavy atom. The molecule has 112 valence electrons. The van der Waals surface area contributed by atoms with Crippen LogP contribution in [0.3, 0.4) is 0 Å². The summed E-state index contributed by atoms with van der Waals surface area (Å²) in [5.74, 6) is 0.163. The number of hydrogen-bond acceptors (Lipinski definition) is 4. The fraction of sp³-hybridized carbons (Fsp3) is 0.500. The van der Waals surface area contributed by atoms with E-state index in [-0.39, 0.29) is 5.91 Å². The molecule has 2 aromatic rings. The maximum atomic E-state index is 12.1. The van der Waals surface area contributed by atoms with Crippen molar-refractivity contribution in [1.82, 2.24) is 19.7 Å². The van der Waals surface area contributed by atoms with Crippen LogP contribution in [0.2, 0.25) is 5.02 Å². The summed E-state index contributed by atoms with van der Waals surface area (Å²) in [4.78, 5) is 18.6. The van der Waals surface area contributed by atoms with Crippen molar-refractivity contribution in [3.8, 4) is 5.13 Å². The molecule has 1 fully saturated rings. The van der Waals surface area contributed by atoms with Crippen molar-refractivity contribution in [1.29, 1.82) is 0 Å². The Labute approximate surface area is 132 Å². The number of carbonyl (C=O) groups excluding carboxylic acids is 1. The lowest BCUT2D eigenvalue weighted by Gasteiger charge is -2.13. The molecule has 3 heterocycles. The molecule has 2 aromatic heterocycles. The number of aromatic nitrogens is 3. The van der Waals surface area contributed by atoms with Crippen LogP contribution < -0.4 is 0 Å². The Morgan fingerprint density at radius 1 is 1.38 bits per heavy atom. The minimum absolute atomic E-state index is 0.163. The summed E-state index contributed by atoms with van der Waals surface area (Å²) in [7, 11) is 0. The Bertz CT molecular complexity index is 673. The lowest BCUT2D eigenvalue weighted by molar-refractivity contribution is -0.129. The first-order chi connectivity index (χ1) is 10.1. The van der Waals surface area contributed by atoms with Crippen molar-refractivity contribution in [3.05, 3.63) is 27.5 Å². The molecule has 1 aliphatic heterocycles. The Hall–Kier alpha value is -1.40. The number of carbonyl (C=O) groups is 1. The zero-order chi connectivity index (χ0) is 15.0. The third kappa shape index (κ3) is 2.82. The van der Waals surface area contributed by atoms with Crippen molar-refractivity contribution < 1.29 is 4.79 Å². The molecule has 21 heavy (non-hydrogen) atoms. The highest BCUT2D eigenvalue weighted by Gasteiger charge is 2.20. The molecule has 1 aliphatic rings. The number of hydrogen-bond donors (Lipinski definition) is 0. The molecule has 0 aromatic carbocycles. The summed E-state index contributed by atoms with van der Waals surface area (Å²) >= 11 is 7.64. The van der Waals surface area contributed by atoms with Gasteiger partial charge in [-0.1, -0.05) is 11.6 Å². The van der Waals surface area contributed by atoms with Gasteiger partial charge in [0.05, 0.1) is 28.5 Å². The van der Waals surface area contributed by atoms with Crippen LogP contribution in [-0.2, 0) is 11.2 Å². The number of likely N-dealkylation sites (tertiary alicyclic amines) is 1. The van der Waals surface area contributed by atoms with Crippen molar-refractivity contribution in [2.24, 2.45) is 0 Å². The highest BCUT2D eigenvalue weighted by atomic mass is 35.5. The van der Waals surface area contributed by atoms with E-state index < -0.39 is 0 Å².